The van der Waals surface area contributed by atoms with Crippen LogP contribution in [-0.4, -0.2) is 30.0 Å². The summed E-state index contributed by atoms with van der Waals surface area (Å²) in [7, 11) is 0. The summed E-state index contributed by atoms with van der Waals surface area (Å²) in [5.74, 6) is 0.350. The monoisotopic (exact) mass is 235 g/mol. The average molecular weight is 236 g/mol. The second kappa shape index (κ2) is 7.94. The molecular weight excluding hydrogens is 214 g/mol. The van der Waals surface area contributed by atoms with Crippen molar-refractivity contribution < 1.29 is 9.90 Å². The van der Waals surface area contributed by atoms with Gasteiger partial charge in [0.25, 0.3) is 0 Å². The molecule has 4 heteroatoms. The maximum atomic E-state index is 11.5. The standard InChI is InChI=1S/C11H22ClNO2/c1-11(2,9-12)10(15)13-7-5-3-4-6-8-14/h14H,3-9H2,1-2H3,(H,13,15). The molecule has 90 valence electrons. The first-order chi connectivity index (χ1) is 7.04. The first-order valence-electron chi connectivity index (χ1n) is 5.49. The topological polar surface area (TPSA) is 49.3 Å². The third-order valence-corrected chi connectivity index (χ3v) is 2.99. The van der Waals surface area contributed by atoms with Gasteiger partial charge in [-0.05, 0) is 26.7 Å². The molecule has 3 nitrogen and oxygen atoms in total. The van der Waals surface area contributed by atoms with E-state index in [1.165, 1.54) is 0 Å². The van der Waals surface area contributed by atoms with Crippen LogP contribution in [-0.2, 0) is 4.79 Å². The summed E-state index contributed by atoms with van der Waals surface area (Å²) in [6.07, 6.45) is 3.87. The Kier molecular flexibility index (Phi) is 7.79. The highest BCUT2D eigenvalue weighted by Gasteiger charge is 2.25. The van der Waals surface area contributed by atoms with Crippen molar-refractivity contribution in [2.45, 2.75) is 39.5 Å². The van der Waals surface area contributed by atoms with Gasteiger partial charge in [-0.15, -0.1) is 11.6 Å². The van der Waals surface area contributed by atoms with Crippen molar-refractivity contribution in [2.24, 2.45) is 5.41 Å². The van der Waals surface area contributed by atoms with E-state index in [0.717, 1.165) is 25.7 Å². The number of amides is 1. The van der Waals surface area contributed by atoms with Crippen molar-refractivity contribution >= 4 is 17.5 Å². The van der Waals surface area contributed by atoms with Crippen LogP contribution in [0.25, 0.3) is 0 Å². The number of carbonyl (C=O) groups is 1. The van der Waals surface area contributed by atoms with E-state index in [0.29, 0.717) is 12.4 Å². The molecule has 0 spiro atoms. The molecule has 0 radical (unpaired) electrons. The lowest BCUT2D eigenvalue weighted by Crippen LogP contribution is -2.38. The molecule has 0 saturated carbocycles. The van der Waals surface area contributed by atoms with Crippen LogP contribution in [0.5, 0.6) is 0 Å². The number of rotatable bonds is 8. The van der Waals surface area contributed by atoms with E-state index in [1.807, 2.05) is 13.8 Å². The number of hydrogen-bond donors (Lipinski definition) is 2. The summed E-state index contributed by atoms with van der Waals surface area (Å²) in [6, 6.07) is 0. The molecule has 0 heterocycles. The molecule has 0 unspecified atom stereocenters. The van der Waals surface area contributed by atoms with Crippen molar-refractivity contribution in [3.05, 3.63) is 0 Å². The van der Waals surface area contributed by atoms with Crippen LogP contribution in [0, 0.1) is 5.41 Å². The van der Waals surface area contributed by atoms with Crippen molar-refractivity contribution in [3.63, 3.8) is 0 Å². The number of hydrogen-bond acceptors (Lipinski definition) is 2. The molecule has 0 aliphatic carbocycles. The SMILES string of the molecule is CC(C)(CCl)C(=O)NCCCCCCO. The van der Waals surface area contributed by atoms with E-state index in [9.17, 15) is 4.79 Å². The Morgan fingerprint density at radius 1 is 1.27 bits per heavy atom. The number of aliphatic hydroxyl groups is 1. The lowest BCUT2D eigenvalue weighted by atomic mass is 9.95. The molecule has 0 aromatic heterocycles. The Balaban J connectivity index is 3.47. The predicted molar refractivity (Wildman–Crippen MR) is 63.1 cm³/mol. The summed E-state index contributed by atoms with van der Waals surface area (Å²) in [5, 5.41) is 11.4. The lowest BCUT2D eigenvalue weighted by molar-refractivity contribution is -0.128. The van der Waals surface area contributed by atoms with Crippen molar-refractivity contribution in [1.82, 2.24) is 5.32 Å². The van der Waals surface area contributed by atoms with Gasteiger partial charge in [0.1, 0.15) is 0 Å². The largest absolute Gasteiger partial charge is 0.396 e. The first kappa shape index (κ1) is 14.7. The third kappa shape index (κ3) is 6.74. The maximum Gasteiger partial charge on any atom is 0.226 e. The number of aliphatic hydroxyl groups excluding tert-OH is 1. The average Bonchev–Trinajstić information content (AvgIpc) is 2.22. The zero-order chi connectivity index (χ0) is 11.7. The summed E-state index contributed by atoms with van der Waals surface area (Å²) < 4.78 is 0. The Bertz CT molecular complexity index is 183. The van der Waals surface area contributed by atoms with Crippen LogP contribution < -0.4 is 5.32 Å². The minimum Gasteiger partial charge on any atom is -0.396 e. The van der Waals surface area contributed by atoms with Crippen LogP contribution in [0.2, 0.25) is 0 Å². The molecule has 0 atom stereocenters. The fourth-order valence-corrected chi connectivity index (χ4v) is 1.21. The minimum atomic E-state index is -0.480. The second-order valence-corrected chi connectivity index (χ2v) is 4.68. The zero-order valence-electron chi connectivity index (χ0n) is 9.68. The molecule has 0 aliphatic heterocycles. The van der Waals surface area contributed by atoms with Crippen LogP contribution >= 0.6 is 11.6 Å². The van der Waals surface area contributed by atoms with E-state index >= 15 is 0 Å². The molecular formula is C11H22ClNO2. The molecule has 1 amide bonds. The number of carbonyl (C=O) groups excluding carboxylic acids is 1. The van der Waals surface area contributed by atoms with Crippen molar-refractivity contribution in [2.75, 3.05) is 19.0 Å². The fourth-order valence-electron chi connectivity index (χ4n) is 1.09. The highest BCUT2D eigenvalue weighted by atomic mass is 35.5. The van der Waals surface area contributed by atoms with Crippen molar-refractivity contribution in [1.29, 1.82) is 0 Å². The van der Waals surface area contributed by atoms with Gasteiger partial charge in [-0.2, -0.15) is 0 Å². The molecule has 2 N–H and O–H groups in total. The fraction of sp³-hybridized carbons (Fsp3) is 0.909. The van der Waals surface area contributed by atoms with Gasteiger partial charge >= 0.3 is 0 Å². The van der Waals surface area contributed by atoms with Gasteiger partial charge in [-0.1, -0.05) is 12.8 Å². The second-order valence-electron chi connectivity index (χ2n) is 4.41. The maximum absolute atomic E-state index is 11.5. The summed E-state index contributed by atoms with van der Waals surface area (Å²) in [4.78, 5) is 11.5. The quantitative estimate of drug-likeness (QED) is 0.499. The smallest absolute Gasteiger partial charge is 0.226 e. The van der Waals surface area contributed by atoms with E-state index in [2.05, 4.69) is 5.32 Å². The number of halogens is 1. The van der Waals surface area contributed by atoms with Crippen LogP contribution in [0.3, 0.4) is 0 Å². The van der Waals surface area contributed by atoms with Gasteiger partial charge in [-0.25, -0.2) is 0 Å². The Labute approximate surface area is 97.2 Å². The van der Waals surface area contributed by atoms with Gasteiger partial charge < -0.3 is 10.4 Å². The number of nitrogens with one attached hydrogen (secondary N) is 1. The Morgan fingerprint density at radius 3 is 2.40 bits per heavy atom. The molecule has 0 fully saturated rings. The van der Waals surface area contributed by atoms with Crippen LogP contribution in [0.1, 0.15) is 39.5 Å². The van der Waals surface area contributed by atoms with E-state index < -0.39 is 5.41 Å². The van der Waals surface area contributed by atoms with E-state index in [-0.39, 0.29) is 12.5 Å². The van der Waals surface area contributed by atoms with Gasteiger partial charge in [0.15, 0.2) is 0 Å². The molecule has 15 heavy (non-hydrogen) atoms. The molecule has 0 bridgehead atoms. The molecule has 0 saturated heterocycles. The summed E-state index contributed by atoms with van der Waals surface area (Å²) in [5.41, 5.74) is -0.480. The molecule has 0 aliphatic rings. The molecule has 0 aromatic carbocycles. The van der Waals surface area contributed by atoms with E-state index in [1.54, 1.807) is 0 Å². The minimum absolute atomic E-state index is 0.0136. The highest BCUT2D eigenvalue weighted by molar-refractivity contribution is 6.19. The van der Waals surface area contributed by atoms with Crippen LogP contribution in [0.15, 0.2) is 0 Å². The number of alkyl halides is 1. The highest BCUT2D eigenvalue weighted by Crippen LogP contribution is 2.16. The normalized spacial score (nSPS) is 11.5. The van der Waals surface area contributed by atoms with Gasteiger partial charge in [0.05, 0.1) is 5.41 Å². The van der Waals surface area contributed by atoms with Gasteiger partial charge in [-0.3, -0.25) is 4.79 Å². The van der Waals surface area contributed by atoms with Gasteiger partial charge in [0, 0.05) is 19.0 Å². The van der Waals surface area contributed by atoms with Crippen molar-refractivity contribution in [3.8, 4) is 0 Å². The molecule has 0 rings (SSSR count). The van der Waals surface area contributed by atoms with Crippen LogP contribution in [0.4, 0.5) is 0 Å². The molecule has 0 aromatic rings. The summed E-state index contributed by atoms with van der Waals surface area (Å²) in [6.45, 7) is 4.62. The number of unbranched alkanes of at least 4 members (excludes halogenated alkanes) is 3. The summed E-state index contributed by atoms with van der Waals surface area (Å²) >= 11 is 5.68. The predicted octanol–water partition coefficient (Wildman–Crippen LogP) is 1.92. The zero-order valence-corrected chi connectivity index (χ0v) is 10.4. The first-order valence-corrected chi connectivity index (χ1v) is 6.03. The van der Waals surface area contributed by atoms with Gasteiger partial charge in [0.2, 0.25) is 5.91 Å². The van der Waals surface area contributed by atoms with E-state index in [4.69, 9.17) is 16.7 Å². The lowest BCUT2D eigenvalue weighted by Gasteiger charge is -2.20. The third-order valence-electron chi connectivity index (χ3n) is 2.32. The Morgan fingerprint density at radius 2 is 1.87 bits per heavy atom. The Hall–Kier alpha value is -0.280.